The minimum absolute atomic E-state index is 0.0217. The summed E-state index contributed by atoms with van der Waals surface area (Å²) in [5, 5.41) is 8.54. The van der Waals surface area contributed by atoms with Crippen LogP contribution in [0.1, 0.15) is 65.4 Å². The first-order chi connectivity index (χ1) is 14.9. The van der Waals surface area contributed by atoms with Gasteiger partial charge in [0.1, 0.15) is 11.5 Å². The molecule has 0 spiro atoms. The summed E-state index contributed by atoms with van der Waals surface area (Å²) >= 11 is 0. The molecule has 3 heterocycles. The first kappa shape index (κ1) is 19.5. The zero-order chi connectivity index (χ0) is 21.7. The van der Waals surface area contributed by atoms with Crippen molar-refractivity contribution in [3.05, 3.63) is 70.8 Å². The van der Waals surface area contributed by atoms with E-state index < -0.39 is 0 Å². The molecule has 0 unspecified atom stereocenters. The third-order valence-electron chi connectivity index (χ3n) is 6.06. The number of benzene rings is 1. The molecule has 6 nitrogen and oxygen atoms in total. The molecule has 1 aliphatic rings. The van der Waals surface area contributed by atoms with E-state index in [0.29, 0.717) is 11.2 Å². The van der Waals surface area contributed by atoms with Crippen molar-refractivity contribution in [3.63, 3.8) is 0 Å². The Kier molecular flexibility index (Phi) is 4.65. The highest BCUT2D eigenvalue weighted by Crippen LogP contribution is 2.33. The van der Waals surface area contributed by atoms with Gasteiger partial charge in [0.05, 0.1) is 28.9 Å². The van der Waals surface area contributed by atoms with E-state index >= 15 is 0 Å². The van der Waals surface area contributed by atoms with E-state index in [2.05, 4.69) is 42.5 Å². The number of rotatable bonds is 4. The van der Waals surface area contributed by atoms with Crippen LogP contribution in [0, 0.1) is 13.8 Å². The number of aryl methyl sites for hydroxylation is 3. The van der Waals surface area contributed by atoms with Crippen LogP contribution in [-0.2, 0) is 6.42 Å². The molecule has 1 N–H and O–H groups in total. The molecule has 5 rings (SSSR count). The predicted molar refractivity (Wildman–Crippen MR) is 120 cm³/mol. The fourth-order valence-corrected chi connectivity index (χ4v) is 4.55. The Morgan fingerprint density at radius 2 is 2.03 bits per heavy atom. The third kappa shape index (κ3) is 3.32. The maximum atomic E-state index is 13.5. The molecule has 0 saturated heterocycles. The molecule has 0 saturated carbocycles. The Balaban J connectivity index is 1.60. The number of aromatic nitrogens is 3. The van der Waals surface area contributed by atoms with Crippen molar-refractivity contribution < 1.29 is 9.21 Å². The van der Waals surface area contributed by atoms with Gasteiger partial charge in [-0.25, -0.2) is 9.67 Å². The van der Waals surface area contributed by atoms with Crippen LogP contribution in [0.25, 0.3) is 22.3 Å². The highest BCUT2D eigenvalue weighted by Gasteiger charge is 2.26. The van der Waals surface area contributed by atoms with Crippen molar-refractivity contribution >= 4 is 16.9 Å². The van der Waals surface area contributed by atoms with Gasteiger partial charge in [-0.3, -0.25) is 4.79 Å². The largest absolute Gasteiger partial charge is 0.466 e. The Hall–Kier alpha value is -3.41. The molecule has 158 valence electrons. The second kappa shape index (κ2) is 7.38. The first-order valence-corrected chi connectivity index (χ1v) is 10.8. The van der Waals surface area contributed by atoms with Gasteiger partial charge in [0.15, 0.2) is 5.65 Å². The fourth-order valence-electron chi connectivity index (χ4n) is 4.55. The van der Waals surface area contributed by atoms with Crippen molar-refractivity contribution in [1.29, 1.82) is 0 Å². The van der Waals surface area contributed by atoms with Crippen LogP contribution in [0.2, 0.25) is 0 Å². The lowest BCUT2D eigenvalue weighted by molar-refractivity contribution is 0.0938. The van der Waals surface area contributed by atoms with E-state index in [-0.39, 0.29) is 18.0 Å². The summed E-state index contributed by atoms with van der Waals surface area (Å²) in [4.78, 5) is 18.3. The predicted octanol–water partition coefficient (Wildman–Crippen LogP) is 5.31. The van der Waals surface area contributed by atoms with E-state index in [0.717, 1.165) is 41.0 Å². The van der Waals surface area contributed by atoms with Crippen LogP contribution >= 0.6 is 0 Å². The fraction of sp³-hybridized carbons (Fsp3) is 0.320. The van der Waals surface area contributed by atoms with Gasteiger partial charge in [0.2, 0.25) is 0 Å². The van der Waals surface area contributed by atoms with E-state index in [4.69, 9.17) is 9.40 Å². The highest BCUT2D eigenvalue weighted by atomic mass is 16.3. The number of nitrogens with one attached hydrogen (secondary N) is 1. The Bertz CT molecular complexity index is 1300. The standard InChI is InChI=1S/C25H26N4O2/c1-14(2)29-24-21(13-26-29)20(12-23(27-24)19-11-15(3)31-16(19)4)25(30)28-22-10-9-17-7-5-6-8-18(17)22/h5-8,11-14,22H,9-10H2,1-4H3,(H,28,30)/t22-/m1/s1. The minimum atomic E-state index is -0.100. The maximum Gasteiger partial charge on any atom is 0.252 e. The summed E-state index contributed by atoms with van der Waals surface area (Å²) in [6.45, 7) is 7.95. The Morgan fingerprint density at radius 1 is 1.23 bits per heavy atom. The van der Waals surface area contributed by atoms with Crippen molar-refractivity contribution in [3.8, 4) is 11.3 Å². The number of carbonyl (C=O) groups excluding carboxylic acids is 1. The highest BCUT2D eigenvalue weighted by molar-refractivity contribution is 6.06. The number of hydrogen-bond acceptors (Lipinski definition) is 4. The number of fused-ring (bicyclic) bond motifs is 2. The van der Waals surface area contributed by atoms with Crippen LogP contribution in [0.15, 0.2) is 47.0 Å². The smallest absolute Gasteiger partial charge is 0.252 e. The molecule has 0 bridgehead atoms. The van der Waals surface area contributed by atoms with Gasteiger partial charge in [0, 0.05) is 11.6 Å². The molecule has 0 radical (unpaired) electrons. The molecule has 1 atom stereocenters. The van der Waals surface area contributed by atoms with E-state index in [1.807, 2.05) is 36.7 Å². The van der Waals surface area contributed by atoms with Crippen LogP contribution in [-0.4, -0.2) is 20.7 Å². The zero-order valence-electron chi connectivity index (χ0n) is 18.3. The van der Waals surface area contributed by atoms with Crippen LogP contribution in [0.5, 0.6) is 0 Å². The quantitative estimate of drug-likeness (QED) is 0.491. The summed E-state index contributed by atoms with van der Waals surface area (Å²) < 4.78 is 7.59. The molecule has 1 amide bonds. The third-order valence-corrected chi connectivity index (χ3v) is 6.06. The van der Waals surface area contributed by atoms with Gasteiger partial charge in [-0.05, 0) is 63.8 Å². The molecule has 31 heavy (non-hydrogen) atoms. The number of pyridine rings is 1. The second-order valence-electron chi connectivity index (χ2n) is 8.57. The van der Waals surface area contributed by atoms with Gasteiger partial charge in [-0.2, -0.15) is 5.10 Å². The minimum Gasteiger partial charge on any atom is -0.466 e. The normalized spacial score (nSPS) is 15.6. The lowest BCUT2D eigenvalue weighted by Crippen LogP contribution is -2.27. The van der Waals surface area contributed by atoms with Gasteiger partial charge in [0.25, 0.3) is 5.91 Å². The second-order valence-corrected chi connectivity index (χ2v) is 8.57. The Morgan fingerprint density at radius 3 is 2.77 bits per heavy atom. The van der Waals surface area contributed by atoms with Crippen LogP contribution < -0.4 is 5.32 Å². The van der Waals surface area contributed by atoms with Crippen LogP contribution in [0.3, 0.4) is 0 Å². The van der Waals surface area contributed by atoms with Crippen molar-refractivity contribution in [2.75, 3.05) is 0 Å². The molecular weight excluding hydrogens is 388 g/mol. The summed E-state index contributed by atoms with van der Waals surface area (Å²) in [7, 11) is 0. The van der Waals surface area contributed by atoms with Gasteiger partial charge < -0.3 is 9.73 Å². The van der Waals surface area contributed by atoms with Crippen molar-refractivity contribution in [2.45, 2.75) is 52.6 Å². The lowest BCUT2D eigenvalue weighted by Gasteiger charge is -2.15. The SMILES string of the molecule is Cc1cc(-c2cc(C(=O)N[C@@H]3CCc4ccccc43)c3cnn(C(C)C)c3n2)c(C)o1. The summed E-state index contributed by atoms with van der Waals surface area (Å²) in [5.74, 6) is 1.51. The maximum absolute atomic E-state index is 13.5. The van der Waals surface area contributed by atoms with Gasteiger partial charge >= 0.3 is 0 Å². The molecule has 0 fully saturated rings. The van der Waals surface area contributed by atoms with E-state index in [1.54, 1.807) is 6.20 Å². The van der Waals surface area contributed by atoms with E-state index in [1.165, 1.54) is 11.1 Å². The molecule has 4 aromatic rings. The summed E-state index contributed by atoms with van der Waals surface area (Å²) in [6, 6.07) is 12.3. The van der Waals surface area contributed by atoms with Crippen molar-refractivity contribution in [2.24, 2.45) is 0 Å². The molecule has 3 aromatic heterocycles. The lowest BCUT2D eigenvalue weighted by atomic mass is 10.0. The van der Waals surface area contributed by atoms with Crippen molar-refractivity contribution in [1.82, 2.24) is 20.1 Å². The number of nitrogens with zero attached hydrogens (tertiary/aromatic N) is 3. The van der Waals surface area contributed by atoms with Crippen LogP contribution in [0.4, 0.5) is 0 Å². The van der Waals surface area contributed by atoms with E-state index in [9.17, 15) is 4.79 Å². The number of amides is 1. The summed E-state index contributed by atoms with van der Waals surface area (Å²) in [6.07, 6.45) is 3.64. The topological polar surface area (TPSA) is 73.0 Å². The van der Waals surface area contributed by atoms with Gasteiger partial charge in [-0.1, -0.05) is 24.3 Å². The summed E-state index contributed by atoms with van der Waals surface area (Å²) in [5.41, 5.74) is 5.45. The average molecular weight is 415 g/mol. The first-order valence-electron chi connectivity index (χ1n) is 10.8. The number of furan rings is 1. The number of hydrogen-bond donors (Lipinski definition) is 1. The average Bonchev–Trinajstić information content (AvgIpc) is 3.44. The Labute approximate surface area is 181 Å². The molecular formula is C25H26N4O2. The molecule has 1 aliphatic carbocycles. The molecule has 1 aromatic carbocycles. The van der Waals surface area contributed by atoms with Gasteiger partial charge in [-0.15, -0.1) is 0 Å². The number of carbonyl (C=O) groups is 1. The molecule has 0 aliphatic heterocycles. The zero-order valence-corrected chi connectivity index (χ0v) is 18.3. The monoisotopic (exact) mass is 414 g/mol. The molecule has 6 heteroatoms.